The highest BCUT2D eigenvalue weighted by Gasteiger charge is 2.17. The number of aromatic nitrogens is 2. The van der Waals surface area contributed by atoms with Crippen molar-refractivity contribution in [1.82, 2.24) is 9.55 Å². The van der Waals surface area contributed by atoms with Gasteiger partial charge in [0.25, 0.3) is 0 Å². The van der Waals surface area contributed by atoms with Gasteiger partial charge in [-0.25, -0.2) is 4.98 Å². The van der Waals surface area contributed by atoms with Crippen LogP contribution in [0.3, 0.4) is 0 Å². The van der Waals surface area contributed by atoms with E-state index in [1.807, 2.05) is 12.3 Å². The molecule has 0 aliphatic heterocycles. The third-order valence-corrected chi connectivity index (χ3v) is 7.42. The number of benzene rings is 4. The van der Waals surface area contributed by atoms with Crippen molar-refractivity contribution in [3.63, 3.8) is 0 Å². The summed E-state index contributed by atoms with van der Waals surface area (Å²) in [7, 11) is 0. The zero-order valence-corrected chi connectivity index (χ0v) is 18.0. The van der Waals surface area contributed by atoms with Gasteiger partial charge in [-0.05, 0) is 41.5 Å². The molecule has 7 rings (SSSR count). The molecule has 2 nitrogen and oxygen atoms in total. The summed E-state index contributed by atoms with van der Waals surface area (Å²) in [6, 6.07) is 36.9. The zero-order valence-electron chi connectivity index (χ0n) is 17.2. The molecule has 3 heteroatoms. The lowest BCUT2D eigenvalue weighted by molar-refractivity contribution is 1.19. The molecule has 0 spiro atoms. The molecule has 0 aliphatic rings. The summed E-state index contributed by atoms with van der Waals surface area (Å²) in [6.07, 6.45) is 1.88. The molecule has 0 aliphatic carbocycles. The summed E-state index contributed by atoms with van der Waals surface area (Å²) in [5.41, 5.74) is 6.13. The Balaban J connectivity index is 1.57. The Labute approximate surface area is 189 Å². The van der Waals surface area contributed by atoms with Gasteiger partial charge in [0.2, 0.25) is 0 Å². The van der Waals surface area contributed by atoms with Gasteiger partial charge in [-0.15, -0.1) is 11.3 Å². The maximum absolute atomic E-state index is 4.64. The molecule has 0 radical (unpaired) electrons. The second-order valence-electron chi connectivity index (χ2n) is 8.06. The van der Waals surface area contributed by atoms with E-state index in [1.165, 1.54) is 54.1 Å². The van der Waals surface area contributed by atoms with Crippen LogP contribution in [0.25, 0.3) is 58.9 Å². The second kappa shape index (κ2) is 6.78. The first-order valence-electron chi connectivity index (χ1n) is 10.7. The predicted octanol–water partition coefficient (Wildman–Crippen LogP) is 8.21. The highest BCUT2D eigenvalue weighted by molar-refractivity contribution is 7.26. The quantitative estimate of drug-likeness (QED) is 0.272. The summed E-state index contributed by atoms with van der Waals surface area (Å²) < 4.78 is 3.71. The minimum atomic E-state index is 1.09. The molecule has 3 heterocycles. The van der Waals surface area contributed by atoms with Crippen LogP contribution in [-0.4, -0.2) is 9.55 Å². The van der Waals surface area contributed by atoms with E-state index in [0.717, 1.165) is 4.83 Å². The lowest BCUT2D eigenvalue weighted by Crippen LogP contribution is -1.93. The smallest absolute Gasteiger partial charge is 0.124 e. The lowest BCUT2D eigenvalue weighted by Gasteiger charge is -2.10. The Morgan fingerprint density at radius 2 is 1.28 bits per heavy atom. The summed E-state index contributed by atoms with van der Waals surface area (Å²) in [4.78, 5) is 5.73. The molecule has 0 N–H and O–H groups in total. The number of hydrogen-bond donors (Lipinski definition) is 0. The molecule has 0 unspecified atom stereocenters. The van der Waals surface area contributed by atoms with E-state index in [0.29, 0.717) is 0 Å². The molecule has 0 amide bonds. The molecule has 3 aromatic heterocycles. The van der Waals surface area contributed by atoms with Gasteiger partial charge in [0.1, 0.15) is 4.83 Å². The van der Waals surface area contributed by atoms with Crippen molar-refractivity contribution in [2.45, 2.75) is 0 Å². The summed E-state index contributed by atoms with van der Waals surface area (Å²) in [5, 5.41) is 5.06. The number of nitrogens with zero attached hydrogens (tertiary/aromatic N) is 2. The second-order valence-corrected chi connectivity index (χ2v) is 9.06. The van der Waals surface area contributed by atoms with Crippen molar-refractivity contribution in [1.29, 1.82) is 0 Å². The summed E-state index contributed by atoms with van der Waals surface area (Å²) in [5.74, 6) is 0. The maximum atomic E-state index is 4.64. The number of fused-ring (bicyclic) bond motifs is 7. The van der Waals surface area contributed by atoms with Crippen LogP contribution < -0.4 is 0 Å². The molecule has 0 atom stereocenters. The van der Waals surface area contributed by atoms with Crippen molar-refractivity contribution < 1.29 is 0 Å². The van der Waals surface area contributed by atoms with E-state index >= 15 is 0 Å². The van der Waals surface area contributed by atoms with Gasteiger partial charge in [0, 0.05) is 33.4 Å². The zero-order chi connectivity index (χ0) is 21.1. The Kier molecular flexibility index (Phi) is 3.75. The van der Waals surface area contributed by atoms with Gasteiger partial charge in [-0.3, -0.25) is 0 Å². The Bertz CT molecular complexity index is 1760. The van der Waals surface area contributed by atoms with E-state index in [2.05, 4.69) is 107 Å². The summed E-state index contributed by atoms with van der Waals surface area (Å²) in [6.45, 7) is 0. The summed E-state index contributed by atoms with van der Waals surface area (Å²) >= 11 is 1.78. The van der Waals surface area contributed by atoms with E-state index in [9.17, 15) is 0 Å². The van der Waals surface area contributed by atoms with E-state index in [4.69, 9.17) is 0 Å². The third kappa shape index (κ3) is 2.49. The molecule has 7 aromatic rings. The Hall–Kier alpha value is -3.95. The van der Waals surface area contributed by atoms with Crippen LogP contribution in [0.2, 0.25) is 0 Å². The molecule has 0 saturated carbocycles. The fraction of sp³-hybridized carbons (Fsp3) is 0. The number of thiophene rings is 1. The van der Waals surface area contributed by atoms with Crippen LogP contribution in [0, 0.1) is 0 Å². The largest absolute Gasteiger partial charge is 0.308 e. The minimum Gasteiger partial charge on any atom is -0.308 e. The van der Waals surface area contributed by atoms with Crippen molar-refractivity contribution in [3.05, 3.63) is 109 Å². The average molecular weight is 427 g/mol. The van der Waals surface area contributed by atoms with Gasteiger partial charge in [-0.1, -0.05) is 72.8 Å². The fourth-order valence-corrected chi connectivity index (χ4v) is 6.00. The van der Waals surface area contributed by atoms with Crippen LogP contribution in [0.5, 0.6) is 0 Å². The number of hydrogen-bond acceptors (Lipinski definition) is 2. The Morgan fingerprint density at radius 1 is 0.562 bits per heavy atom. The third-order valence-electron chi connectivity index (χ3n) is 6.28. The molecule has 0 fully saturated rings. The van der Waals surface area contributed by atoms with Crippen LogP contribution in [-0.2, 0) is 0 Å². The van der Waals surface area contributed by atoms with Gasteiger partial charge in [0.05, 0.1) is 15.7 Å². The number of para-hydroxylation sites is 1. The number of rotatable bonds is 2. The van der Waals surface area contributed by atoms with Crippen molar-refractivity contribution in [2.75, 3.05) is 0 Å². The van der Waals surface area contributed by atoms with Crippen molar-refractivity contribution in [3.8, 4) is 16.8 Å². The van der Waals surface area contributed by atoms with Gasteiger partial charge < -0.3 is 4.57 Å². The molecule has 0 bridgehead atoms. The fourth-order valence-electron chi connectivity index (χ4n) is 4.82. The van der Waals surface area contributed by atoms with Crippen LogP contribution >= 0.6 is 11.3 Å². The van der Waals surface area contributed by atoms with Crippen LogP contribution in [0.4, 0.5) is 0 Å². The normalized spacial score (nSPS) is 11.8. The maximum Gasteiger partial charge on any atom is 0.124 e. The standard InChI is InChI=1S/C29H18N2S/c1-2-7-19(8-3-1)20-12-14-21(15-13-20)31-26-11-5-4-9-22(26)23-16-17-24-25-10-6-18-30-29(25)32-28(24)27(23)31/h1-18H. The first-order valence-corrected chi connectivity index (χ1v) is 11.6. The number of pyridine rings is 1. The van der Waals surface area contributed by atoms with Crippen molar-refractivity contribution in [2.24, 2.45) is 0 Å². The first kappa shape index (κ1) is 17.7. The highest BCUT2D eigenvalue weighted by atomic mass is 32.1. The molecule has 32 heavy (non-hydrogen) atoms. The monoisotopic (exact) mass is 426 g/mol. The van der Waals surface area contributed by atoms with E-state index in [-0.39, 0.29) is 0 Å². The Morgan fingerprint density at radius 3 is 2.16 bits per heavy atom. The minimum absolute atomic E-state index is 1.09. The predicted molar refractivity (Wildman–Crippen MR) is 137 cm³/mol. The SMILES string of the molecule is c1ccc(-c2ccc(-n3c4ccccc4c4ccc5c6cccnc6sc5c43)cc2)cc1. The van der Waals surface area contributed by atoms with Gasteiger partial charge >= 0.3 is 0 Å². The van der Waals surface area contributed by atoms with Gasteiger partial charge in [0.15, 0.2) is 0 Å². The van der Waals surface area contributed by atoms with E-state index < -0.39 is 0 Å². The lowest BCUT2D eigenvalue weighted by atomic mass is 10.1. The molecular weight excluding hydrogens is 408 g/mol. The molecule has 150 valence electrons. The van der Waals surface area contributed by atoms with Crippen LogP contribution in [0.15, 0.2) is 109 Å². The topological polar surface area (TPSA) is 17.8 Å². The molecule has 4 aromatic carbocycles. The van der Waals surface area contributed by atoms with Crippen LogP contribution in [0.1, 0.15) is 0 Å². The van der Waals surface area contributed by atoms with Crippen molar-refractivity contribution >= 4 is 53.4 Å². The average Bonchev–Trinajstić information content (AvgIpc) is 3.41. The first-order chi connectivity index (χ1) is 15.9. The van der Waals surface area contributed by atoms with E-state index in [1.54, 1.807) is 11.3 Å². The molecular formula is C29H18N2S. The highest BCUT2D eigenvalue weighted by Crippen LogP contribution is 2.42. The molecule has 0 saturated heterocycles. The van der Waals surface area contributed by atoms with Gasteiger partial charge in [-0.2, -0.15) is 0 Å².